The minimum absolute atomic E-state index is 0.186. The largest absolute Gasteiger partial charge is 0.385 e. The number of fused-ring (bicyclic) bond motifs is 1. The highest BCUT2D eigenvalue weighted by atomic mass is 16.3. The molecule has 2 N–H and O–H groups in total. The number of carbonyl (C=O) groups is 3. The highest BCUT2D eigenvalue weighted by Gasteiger charge is 2.49. The van der Waals surface area contributed by atoms with Crippen LogP contribution < -0.4 is 5.32 Å². The minimum atomic E-state index is -0.986. The Kier molecular flexibility index (Phi) is 5.46. The van der Waals surface area contributed by atoms with Crippen LogP contribution in [0.1, 0.15) is 68.4 Å². The van der Waals surface area contributed by atoms with Crippen LogP contribution in [0.4, 0.5) is 0 Å². The number of likely N-dealkylation sites (tertiary alicyclic amines) is 1. The van der Waals surface area contributed by atoms with E-state index >= 15 is 0 Å². The van der Waals surface area contributed by atoms with Gasteiger partial charge in [0.25, 0.3) is 5.91 Å². The summed E-state index contributed by atoms with van der Waals surface area (Å²) in [6, 6.07) is 4.97. The van der Waals surface area contributed by atoms with Gasteiger partial charge in [-0.1, -0.05) is 39.8 Å². The van der Waals surface area contributed by atoms with Crippen LogP contribution in [0.25, 0.3) is 0 Å². The van der Waals surface area contributed by atoms with Gasteiger partial charge in [0.15, 0.2) is 0 Å². The summed E-state index contributed by atoms with van der Waals surface area (Å²) in [5.74, 6) is -0.309. The molecule has 0 radical (unpaired) electrons. The third kappa shape index (κ3) is 3.78. The summed E-state index contributed by atoms with van der Waals surface area (Å²) < 4.78 is 0. The van der Waals surface area contributed by atoms with E-state index in [1.807, 2.05) is 12.1 Å². The number of nitrogens with zero attached hydrogens (tertiary/aromatic N) is 2. The van der Waals surface area contributed by atoms with Gasteiger partial charge in [-0.15, -0.1) is 0 Å². The van der Waals surface area contributed by atoms with E-state index < -0.39 is 17.6 Å². The zero-order valence-electron chi connectivity index (χ0n) is 18.9. The summed E-state index contributed by atoms with van der Waals surface area (Å²) in [6.07, 6.45) is 1.22. The Morgan fingerprint density at radius 1 is 1.23 bits per heavy atom. The summed E-state index contributed by atoms with van der Waals surface area (Å²) in [4.78, 5) is 40.7. The van der Waals surface area contributed by atoms with E-state index in [4.69, 9.17) is 0 Å². The zero-order chi connectivity index (χ0) is 22.6. The number of rotatable bonds is 4. The number of nitrogens with one attached hydrogen (secondary N) is 1. The van der Waals surface area contributed by atoms with Crippen LogP contribution in [0.15, 0.2) is 18.2 Å². The molecule has 0 aromatic heterocycles. The molecule has 3 aliphatic heterocycles. The van der Waals surface area contributed by atoms with Crippen LogP contribution in [0, 0.1) is 11.3 Å². The monoisotopic (exact) mass is 427 g/mol. The summed E-state index contributed by atoms with van der Waals surface area (Å²) in [5, 5.41) is 14.1. The van der Waals surface area contributed by atoms with Crippen molar-refractivity contribution in [3.63, 3.8) is 0 Å². The number of hydrogen-bond donors (Lipinski definition) is 2. The second-order valence-corrected chi connectivity index (χ2v) is 10.4. The highest BCUT2D eigenvalue weighted by molar-refractivity contribution is 6.05. The van der Waals surface area contributed by atoms with Crippen molar-refractivity contribution < 1.29 is 19.5 Å². The van der Waals surface area contributed by atoms with Gasteiger partial charge in [0.2, 0.25) is 11.8 Å². The molecule has 3 heterocycles. The van der Waals surface area contributed by atoms with Crippen molar-refractivity contribution >= 4 is 17.7 Å². The SMILES string of the molecule is CC(C)CN1CCC(O)(c2ccc3c(c2)CN(C2CCC(=O)NC2=O)C3=O)C(C)(C)C1. The normalized spacial score (nSPS) is 28.8. The van der Waals surface area contributed by atoms with Crippen molar-refractivity contribution in [3.05, 3.63) is 34.9 Å². The second-order valence-electron chi connectivity index (χ2n) is 10.4. The van der Waals surface area contributed by atoms with E-state index in [1.54, 1.807) is 11.0 Å². The van der Waals surface area contributed by atoms with Gasteiger partial charge >= 0.3 is 0 Å². The van der Waals surface area contributed by atoms with Crippen LogP contribution in [-0.2, 0) is 21.7 Å². The molecule has 0 saturated carbocycles. The first-order valence-corrected chi connectivity index (χ1v) is 11.2. The van der Waals surface area contributed by atoms with Gasteiger partial charge in [0.05, 0.1) is 5.60 Å². The summed E-state index contributed by atoms with van der Waals surface area (Å²) in [6.45, 7) is 11.6. The number of piperidine rings is 2. The Bertz CT molecular complexity index is 925. The fourth-order valence-corrected chi connectivity index (χ4v) is 5.47. The Morgan fingerprint density at radius 3 is 2.61 bits per heavy atom. The molecule has 2 fully saturated rings. The minimum Gasteiger partial charge on any atom is -0.385 e. The van der Waals surface area contributed by atoms with E-state index in [1.165, 1.54) is 0 Å². The fourth-order valence-electron chi connectivity index (χ4n) is 5.47. The third-order valence-corrected chi connectivity index (χ3v) is 7.15. The molecular weight excluding hydrogens is 394 g/mol. The molecule has 4 rings (SSSR count). The summed E-state index contributed by atoms with van der Waals surface area (Å²) in [5.41, 5.74) is 0.910. The number of aliphatic hydroxyl groups is 1. The zero-order valence-corrected chi connectivity index (χ0v) is 18.9. The van der Waals surface area contributed by atoms with E-state index in [0.29, 0.717) is 30.9 Å². The third-order valence-electron chi connectivity index (χ3n) is 7.15. The fraction of sp³-hybridized carbons (Fsp3) is 0.625. The Morgan fingerprint density at radius 2 is 1.97 bits per heavy atom. The maximum atomic E-state index is 13.0. The molecule has 31 heavy (non-hydrogen) atoms. The quantitative estimate of drug-likeness (QED) is 0.718. The molecule has 2 atom stereocenters. The van der Waals surface area contributed by atoms with Gasteiger partial charge in [-0.3, -0.25) is 19.7 Å². The van der Waals surface area contributed by atoms with Crippen LogP contribution in [-0.4, -0.2) is 58.3 Å². The van der Waals surface area contributed by atoms with Crippen molar-refractivity contribution in [1.29, 1.82) is 0 Å². The molecule has 2 saturated heterocycles. The van der Waals surface area contributed by atoms with Gasteiger partial charge in [-0.2, -0.15) is 0 Å². The number of imide groups is 1. The van der Waals surface area contributed by atoms with Crippen LogP contribution in [0.5, 0.6) is 0 Å². The molecule has 2 unspecified atom stereocenters. The molecule has 1 aromatic carbocycles. The van der Waals surface area contributed by atoms with Gasteiger partial charge in [-0.25, -0.2) is 0 Å². The highest BCUT2D eigenvalue weighted by Crippen LogP contribution is 2.47. The van der Waals surface area contributed by atoms with E-state index in [2.05, 4.69) is 37.9 Å². The lowest BCUT2D eigenvalue weighted by Crippen LogP contribution is -2.55. The average Bonchev–Trinajstić information content (AvgIpc) is 3.00. The molecule has 7 heteroatoms. The predicted octanol–water partition coefficient (Wildman–Crippen LogP) is 2.02. The molecule has 1 aromatic rings. The molecule has 0 bridgehead atoms. The maximum Gasteiger partial charge on any atom is 0.255 e. The molecule has 0 aliphatic carbocycles. The van der Waals surface area contributed by atoms with Crippen LogP contribution in [0.3, 0.4) is 0 Å². The van der Waals surface area contributed by atoms with Gasteiger partial charge in [-0.05, 0) is 36.0 Å². The Hall–Kier alpha value is -2.25. The smallest absolute Gasteiger partial charge is 0.255 e. The molecule has 3 amide bonds. The van der Waals surface area contributed by atoms with Crippen LogP contribution in [0.2, 0.25) is 0 Å². The number of carbonyl (C=O) groups excluding carboxylic acids is 3. The number of benzene rings is 1. The van der Waals surface area contributed by atoms with Crippen molar-refractivity contribution in [2.75, 3.05) is 19.6 Å². The molecule has 7 nitrogen and oxygen atoms in total. The van der Waals surface area contributed by atoms with E-state index in [0.717, 1.165) is 30.8 Å². The van der Waals surface area contributed by atoms with Crippen molar-refractivity contribution in [2.45, 2.75) is 65.1 Å². The van der Waals surface area contributed by atoms with Crippen molar-refractivity contribution in [3.8, 4) is 0 Å². The predicted molar refractivity (Wildman–Crippen MR) is 116 cm³/mol. The second kappa shape index (κ2) is 7.71. The lowest BCUT2D eigenvalue weighted by molar-refractivity contribution is -0.136. The Balaban J connectivity index is 1.57. The Labute approximate surface area is 183 Å². The lowest BCUT2D eigenvalue weighted by Gasteiger charge is -2.51. The lowest BCUT2D eigenvalue weighted by atomic mass is 9.66. The summed E-state index contributed by atoms with van der Waals surface area (Å²) >= 11 is 0. The molecule has 3 aliphatic rings. The first kappa shape index (κ1) is 22.0. The van der Waals surface area contributed by atoms with E-state index in [-0.39, 0.29) is 23.7 Å². The summed E-state index contributed by atoms with van der Waals surface area (Å²) in [7, 11) is 0. The number of hydrogen-bond acceptors (Lipinski definition) is 5. The van der Waals surface area contributed by atoms with Gasteiger partial charge < -0.3 is 14.9 Å². The van der Waals surface area contributed by atoms with Crippen molar-refractivity contribution in [2.24, 2.45) is 11.3 Å². The first-order valence-electron chi connectivity index (χ1n) is 11.2. The number of amides is 3. The van der Waals surface area contributed by atoms with Crippen LogP contribution >= 0.6 is 0 Å². The first-order chi connectivity index (χ1) is 14.5. The van der Waals surface area contributed by atoms with Gasteiger partial charge in [0, 0.05) is 43.6 Å². The van der Waals surface area contributed by atoms with Crippen molar-refractivity contribution in [1.82, 2.24) is 15.1 Å². The standard InChI is InChI=1S/C24H33N3O4/c1-15(2)12-26-10-9-24(31,23(3,4)14-26)17-5-6-18-16(11-17)13-27(22(18)30)19-7-8-20(28)25-21(19)29/h5-6,11,15,19,31H,7-10,12-14H2,1-4H3,(H,25,28,29). The molecule has 0 spiro atoms. The topological polar surface area (TPSA) is 89.9 Å². The van der Waals surface area contributed by atoms with E-state index in [9.17, 15) is 19.5 Å². The molecule has 168 valence electrons. The molecular formula is C24H33N3O4. The average molecular weight is 428 g/mol. The maximum absolute atomic E-state index is 13.0. The van der Waals surface area contributed by atoms with Gasteiger partial charge in [0.1, 0.15) is 6.04 Å².